The van der Waals surface area contributed by atoms with Gasteiger partial charge >= 0.3 is 0 Å². The molecule has 0 heterocycles. The van der Waals surface area contributed by atoms with E-state index in [4.69, 9.17) is 4.74 Å². The molecular formula is C29H37F3O3. The van der Waals surface area contributed by atoms with E-state index in [2.05, 4.69) is 6.92 Å². The second kappa shape index (κ2) is 11.8. The zero-order valence-electron chi connectivity index (χ0n) is 20.5. The first-order valence-electron chi connectivity index (χ1n) is 13.1. The molecule has 2 fully saturated rings. The van der Waals surface area contributed by atoms with Crippen molar-refractivity contribution in [3.05, 3.63) is 64.5 Å². The van der Waals surface area contributed by atoms with E-state index in [-0.39, 0.29) is 47.9 Å². The Balaban J connectivity index is 1.29. The van der Waals surface area contributed by atoms with Crippen LogP contribution in [0.15, 0.2) is 30.3 Å². The Bertz CT molecular complexity index is 979. The van der Waals surface area contributed by atoms with Crippen LogP contribution in [-0.4, -0.2) is 22.4 Å². The van der Waals surface area contributed by atoms with Crippen molar-refractivity contribution in [1.29, 1.82) is 0 Å². The van der Waals surface area contributed by atoms with E-state index in [9.17, 15) is 23.4 Å². The van der Waals surface area contributed by atoms with E-state index in [1.54, 1.807) is 18.2 Å². The summed E-state index contributed by atoms with van der Waals surface area (Å²) >= 11 is 0. The number of benzene rings is 2. The summed E-state index contributed by atoms with van der Waals surface area (Å²) in [5.74, 6) is -1.75. The molecule has 2 aliphatic carbocycles. The standard InChI is InChI=1S/C29H37F3O3/c1-2-3-27(34)20-6-4-19(5-7-20)25-14-10-21(28(31)29(25)32)17-35-23-12-8-18(9-13-23)24-15-11-22(33)16-26(24)30/h10-11,14-16,18-20,23,27,33-34H,2-9,12-13,17H2,1H3. The first kappa shape index (κ1) is 26.0. The summed E-state index contributed by atoms with van der Waals surface area (Å²) in [5.41, 5.74) is 1.27. The molecule has 1 atom stereocenters. The van der Waals surface area contributed by atoms with Crippen LogP contribution in [0.1, 0.15) is 99.7 Å². The molecule has 4 rings (SSSR count). The lowest BCUT2D eigenvalue weighted by Crippen LogP contribution is -2.25. The molecule has 2 aromatic carbocycles. The predicted octanol–water partition coefficient (Wildman–Crippen LogP) is 7.49. The topological polar surface area (TPSA) is 49.7 Å². The first-order chi connectivity index (χ1) is 16.9. The largest absolute Gasteiger partial charge is 0.508 e. The Morgan fingerprint density at radius 3 is 2.14 bits per heavy atom. The van der Waals surface area contributed by atoms with Crippen molar-refractivity contribution in [2.24, 2.45) is 5.92 Å². The zero-order chi connectivity index (χ0) is 24.9. The van der Waals surface area contributed by atoms with Crippen LogP contribution in [0.25, 0.3) is 0 Å². The third-order valence-corrected chi connectivity index (χ3v) is 8.11. The molecule has 1 unspecified atom stereocenters. The Morgan fingerprint density at radius 2 is 1.49 bits per heavy atom. The van der Waals surface area contributed by atoms with Crippen molar-refractivity contribution >= 4 is 0 Å². The number of hydrogen-bond donors (Lipinski definition) is 2. The maximum absolute atomic E-state index is 15.0. The highest BCUT2D eigenvalue weighted by Gasteiger charge is 2.30. The van der Waals surface area contributed by atoms with Gasteiger partial charge in [-0.2, -0.15) is 0 Å². The van der Waals surface area contributed by atoms with Crippen LogP contribution < -0.4 is 0 Å². The summed E-state index contributed by atoms with van der Waals surface area (Å²) in [7, 11) is 0. The lowest BCUT2D eigenvalue weighted by molar-refractivity contribution is 0.0116. The number of rotatable bonds is 8. The number of halogens is 3. The maximum Gasteiger partial charge on any atom is 0.164 e. The van der Waals surface area contributed by atoms with Crippen molar-refractivity contribution in [3.8, 4) is 5.75 Å². The van der Waals surface area contributed by atoms with Gasteiger partial charge in [-0.3, -0.25) is 0 Å². The third-order valence-electron chi connectivity index (χ3n) is 8.11. The summed E-state index contributed by atoms with van der Waals surface area (Å²) in [6.45, 7) is 2.07. The fourth-order valence-corrected chi connectivity index (χ4v) is 5.97. The number of phenolic OH excluding ortho intramolecular Hbond substituents is 1. The molecule has 2 aromatic rings. The molecule has 6 heteroatoms. The van der Waals surface area contributed by atoms with Crippen molar-refractivity contribution in [3.63, 3.8) is 0 Å². The zero-order valence-corrected chi connectivity index (χ0v) is 20.5. The molecule has 192 valence electrons. The molecule has 0 aliphatic heterocycles. The van der Waals surface area contributed by atoms with Gasteiger partial charge in [-0.1, -0.05) is 31.5 Å². The molecule has 2 aliphatic rings. The van der Waals surface area contributed by atoms with Crippen LogP contribution >= 0.6 is 0 Å². The quantitative estimate of drug-likeness (QED) is 0.403. The van der Waals surface area contributed by atoms with Crippen LogP contribution in [0.5, 0.6) is 5.75 Å². The lowest BCUT2D eigenvalue weighted by atomic mass is 9.76. The van der Waals surface area contributed by atoms with Gasteiger partial charge in [0.15, 0.2) is 11.6 Å². The number of hydrogen-bond acceptors (Lipinski definition) is 3. The summed E-state index contributed by atoms with van der Waals surface area (Å²) in [6.07, 6.45) is 7.53. The van der Waals surface area contributed by atoms with Crippen LogP contribution in [0.3, 0.4) is 0 Å². The Hall–Kier alpha value is -2.05. The summed E-state index contributed by atoms with van der Waals surface area (Å²) in [4.78, 5) is 0. The minimum Gasteiger partial charge on any atom is -0.508 e. The highest BCUT2D eigenvalue weighted by atomic mass is 19.2. The average molecular weight is 491 g/mol. The maximum atomic E-state index is 15.0. The summed E-state index contributed by atoms with van der Waals surface area (Å²) < 4.78 is 49.9. The number of phenols is 1. The van der Waals surface area contributed by atoms with Gasteiger partial charge in [-0.25, -0.2) is 13.2 Å². The van der Waals surface area contributed by atoms with Crippen molar-refractivity contribution in [2.75, 3.05) is 0 Å². The highest BCUT2D eigenvalue weighted by molar-refractivity contribution is 5.31. The molecule has 0 amide bonds. The first-order valence-corrected chi connectivity index (χ1v) is 13.1. The van der Waals surface area contributed by atoms with E-state index in [0.29, 0.717) is 11.1 Å². The highest BCUT2D eigenvalue weighted by Crippen LogP contribution is 2.40. The van der Waals surface area contributed by atoms with Gasteiger partial charge in [0.1, 0.15) is 11.6 Å². The molecule has 0 radical (unpaired) electrons. The van der Waals surface area contributed by atoms with Crippen molar-refractivity contribution in [2.45, 2.75) is 102 Å². The normalized spacial score (nSPS) is 26.0. The molecular weight excluding hydrogens is 453 g/mol. The van der Waals surface area contributed by atoms with E-state index >= 15 is 0 Å². The van der Waals surface area contributed by atoms with E-state index in [1.165, 1.54) is 6.07 Å². The molecule has 0 saturated heterocycles. The summed E-state index contributed by atoms with van der Waals surface area (Å²) in [6, 6.07) is 7.62. The van der Waals surface area contributed by atoms with Gasteiger partial charge < -0.3 is 14.9 Å². The van der Waals surface area contributed by atoms with Crippen LogP contribution in [0, 0.1) is 23.4 Å². The smallest absolute Gasteiger partial charge is 0.164 e. The number of ether oxygens (including phenoxy) is 1. The molecule has 2 N–H and O–H groups in total. The molecule has 0 spiro atoms. The Labute approximate surface area is 206 Å². The SMILES string of the molecule is CCCC(O)C1CCC(c2ccc(COC3CCC(c4ccc(O)cc4F)CC3)c(F)c2F)CC1. The second-order valence-corrected chi connectivity index (χ2v) is 10.4. The molecule has 2 saturated carbocycles. The van der Waals surface area contributed by atoms with E-state index < -0.39 is 17.5 Å². The average Bonchev–Trinajstić information content (AvgIpc) is 2.86. The number of aliphatic hydroxyl groups is 1. The van der Waals surface area contributed by atoms with E-state index in [1.807, 2.05) is 0 Å². The van der Waals surface area contributed by atoms with Crippen LogP contribution in [0.4, 0.5) is 13.2 Å². The van der Waals surface area contributed by atoms with E-state index in [0.717, 1.165) is 70.3 Å². The monoisotopic (exact) mass is 490 g/mol. The van der Waals surface area contributed by atoms with Crippen molar-refractivity contribution in [1.82, 2.24) is 0 Å². The Morgan fingerprint density at radius 1 is 0.857 bits per heavy atom. The lowest BCUT2D eigenvalue weighted by Gasteiger charge is -2.32. The van der Waals surface area contributed by atoms with Crippen LogP contribution in [0.2, 0.25) is 0 Å². The molecule has 3 nitrogen and oxygen atoms in total. The summed E-state index contributed by atoms with van der Waals surface area (Å²) in [5, 5.41) is 19.7. The minimum atomic E-state index is -0.824. The third kappa shape index (κ3) is 6.21. The molecule has 0 aromatic heterocycles. The van der Waals surface area contributed by atoms with Gasteiger partial charge in [-0.15, -0.1) is 0 Å². The van der Waals surface area contributed by atoms with Gasteiger partial charge in [0, 0.05) is 11.6 Å². The second-order valence-electron chi connectivity index (χ2n) is 10.4. The molecule has 0 bridgehead atoms. The predicted molar refractivity (Wildman–Crippen MR) is 130 cm³/mol. The van der Waals surface area contributed by atoms with Gasteiger partial charge in [-0.05, 0) is 92.7 Å². The van der Waals surface area contributed by atoms with Gasteiger partial charge in [0.05, 0.1) is 18.8 Å². The molecule has 35 heavy (non-hydrogen) atoms. The van der Waals surface area contributed by atoms with Crippen LogP contribution in [-0.2, 0) is 11.3 Å². The van der Waals surface area contributed by atoms with Gasteiger partial charge in [0.25, 0.3) is 0 Å². The number of aromatic hydroxyl groups is 1. The minimum absolute atomic E-state index is 0.0138. The van der Waals surface area contributed by atoms with Crippen molar-refractivity contribution < 1.29 is 28.1 Å². The fourth-order valence-electron chi connectivity index (χ4n) is 5.97. The Kier molecular flexibility index (Phi) is 8.77. The van der Waals surface area contributed by atoms with Gasteiger partial charge in [0.2, 0.25) is 0 Å². The number of aliphatic hydroxyl groups excluding tert-OH is 1. The fraction of sp³-hybridized carbons (Fsp3) is 0.586.